The molecule has 0 bridgehead atoms. The molecule has 536 valence electrons. The van der Waals surface area contributed by atoms with Crippen molar-refractivity contribution in [3.63, 3.8) is 0 Å². The van der Waals surface area contributed by atoms with Crippen LogP contribution in [-0.4, -0.2) is 227 Å². The Morgan fingerprint density at radius 1 is 0.417 bits per heavy atom. The molecule has 25 heteroatoms. The lowest BCUT2D eigenvalue weighted by atomic mass is 9.94. The van der Waals surface area contributed by atoms with Crippen molar-refractivity contribution in [2.75, 3.05) is 48.8 Å². The molecule has 0 aliphatic carbocycles. The highest BCUT2D eigenvalue weighted by Gasteiger charge is 2.43. The smallest absolute Gasteiger partial charge is 0.248 e. The Labute approximate surface area is 570 Å². The topological polar surface area (TPSA) is 317 Å². The third-order valence-corrected chi connectivity index (χ3v) is 18.0. The van der Waals surface area contributed by atoms with Gasteiger partial charge < -0.3 is 66.4 Å². The van der Waals surface area contributed by atoms with Gasteiger partial charge in [-0.05, 0) is 93.1 Å². The number of amides is 12. The summed E-state index contributed by atoms with van der Waals surface area (Å²) in [6, 6.07) is 3.45. The Hall–Kier alpha value is -7.96. The van der Waals surface area contributed by atoms with E-state index in [4.69, 9.17) is 0 Å². The van der Waals surface area contributed by atoms with Crippen LogP contribution in [0, 0.1) is 35.5 Å². The molecule has 1 fully saturated rings. The molecule has 0 aromatic heterocycles. The molecule has 2 unspecified atom stereocenters. The Morgan fingerprint density at radius 3 is 1.27 bits per heavy atom. The van der Waals surface area contributed by atoms with E-state index in [1.165, 1.54) is 77.8 Å². The van der Waals surface area contributed by atoms with Gasteiger partial charge >= 0.3 is 0 Å². The van der Waals surface area contributed by atoms with Crippen LogP contribution in [0.2, 0.25) is 0 Å². The normalized spacial score (nSPS) is 25.9. The molecule has 1 heterocycles. The van der Waals surface area contributed by atoms with E-state index in [0.29, 0.717) is 17.5 Å². The molecule has 0 spiro atoms. The molecular weight excluding hydrogens is 1230 g/mol. The average molecular weight is 1340 g/mol. The molecular formula is C71H114N12O13. The van der Waals surface area contributed by atoms with Crippen molar-refractivity contribution in [1.29, 1.82) is 0 Å². The summed E-state index contributed by atoms with van der Waals surface area (Å²) in [7, 11) is 8.37. The van der Waals surface area contributed by atoms with Crippen molar-refractivity contribution >= 4 is 70.9 Å². The second-order valence-corrected chi connectivity index (χ2v) is 28.2. The number of hydrogen-bond donors (Lipinski definition) is 7. The van der Waals surface area contributed by atoms with Crippen molar-refractivity contribution in [1.82, 2.24) is 61.3 Å². The van der Waals surface area contributed by atoms with Crippen LogP contribution in [0.15, 0.2) is 60.7 Å². The zero-order valence-corrected chi connectivity index (χ0v) is 60.9. The number of benzene rings is 2. The molecule has 0 radical (unpaired) electrons. The van der Waals surface area contributed by atoms with Crippen LogP contribution >= 0.6 is 0 Å². The Bertz CT molecular complexity index is 2960. The predicted molar refractivity (Wildman–Crippen MR) is 367 cm³/mol. The summed E-state index contributed by atoms with van der Waals surface area (Å²) in [5.41, 5.74) is 1.28. The summed E-state index contributed by atoms with van der Waals surface area (Å²) in [4.78, 5) is 183. The molecule has 2 aromatic rings. The van der Waals surface area contributed by atoms with Gasteiger partial charge in [0.05, 0.1) is 12.6 Å². The van der Waals surface area contributed by atoms with Crippen molar-refractivity contribution in [3.05, 3.63) is 71.8 Å². The molecule has 13 atom stereocenters. The third kappa shape index (κ3) is 23.4. The molecule has 1 saturated heterocycles. The second kappa shape index (κ2) is 38.1. The standard InChI is InChI=1S/C71H114N12O13/c1-22-45(12)60-66(91)72-39-57(85)79(17)56(38-50-31-27-24-28-32-50)65(90)77-59(48(15)84)71(96)82(20)54(35-42(6)7)62(87)74-51(33-40(2)3)61(86)73-46(13)67(92)78(16)47(14)68(93)80(18)53(34-41(4)5)63(88)75-52(37-49-29-25-23-26-30-49)69(94)81(19)55(36-43(8)9)64(89)76-58(44(10)11)70(95)83(60)21/h23-32,40-48,51-56,58-60,84H,22,33-39H2,1-21H3,(H,72,91)(H,73,86)(H,74,87)(H,75,88)(H,76,89)(H,77,90)/t45-,46-,47+,48+,51-,52?,53-,54-,55+,56-,58?,59-,60-/m0/s1. The van der Waals surface area contributed by atoms with Gasteiger partial charge in [0, 0.05) is 55.1 Å². The monoisotopic (exact) mass is 1340 g/mol. The van der Waals surface area contributed by atoms with Gasteiger partial charge in [0.25, 0.3) is 0 Å². The molecule has 96 heavy (non-hydrogen) atoms. The lowest BCUT2D eigenvalue weighted by Gasteiger charge is -2.37. The van der Waals surface area contributed by atoms with Crippen molar-refractivity contribution in [2.45, 2.75) is 221 Å². The molecule has 1 aliphatic rings. The molecule has 25 nitrogen and oxygen atoms in total. The minimum Gasteiger partial charge on any atom is -0.391 e. The maximum absolute atomic E-state index is 15.2. The number of nitrogens with one attached hydrogen (secondary N) is 6. The highest BCUT2D eigenvalue weighted by atomic mass is 16.3. The zero-order valence-electron chi connectivity index (χ0n) is 60.9. The van der Waals surface area contributed by atoms with E-state index in [1.54, 1.807) is 81.4 Å². The van der Waals surface area contributed by atoms with Gasteiger partial charge in [-0.3, -0.25) is 57.5 Å². The Morgan fingerprint density at radius 2 is 0.823 bits per heavy atom. The summed E-state index contributed by atoms with van der Waals surface area (Å²) in [5, 5.41) is 28.0. The molecule has 0 saturated carbocycles. The van der Waals surface area contributed by atoms with Crippen LogP contribution in [0.4, 0.5) is 0 Å². The van der Waals surface area contributed by atoms with Crippen molar-refractivity contribution < 1.29 is 62.6 Å². The van der Waals surface area contributed by atoms with Gasteiger partial charge in [0.1, 0.15) is 66.5 Å². The van der Waals surface area contributed by atoms with E-state index in [9.17, 15) is 57.8 Å². The van der Waals surface area contributed by atoms with Crippen LogP contribution in [0.1, 0.15) is 147 Å². The van der Waals surface area contributed by atoms with Crippen LogP contribution in [0.25, 0.3) is 0 Å². The molecule has 2 aromatic carbocycles. The lowest BCUT2D eigenvalue weighted by molar-refractivity contribution is -0.149. The number of aliphatic hydroxyl groups excluding tert-OH is 1. The first-order chi connectivity index (χ1) is 44.8. The Balaban J connectivity index is 2.31. The number of carbonyl (C=O) groups is 12. The molecule has 3 rings (SSSR count). The number of rotatable bonds is 16. The van der Waals surface area contributed by atoms with E-state index < -0.39 is 162 Å². The summed E-state index contributed by atoms with van der Waals surface area (Å²) in [6.45, 7) is 25.3. The van der Waals surface area contributed by atoms with E-state index in [1.807, 2.05) is 62.3 Å². The van der Waals surface area contributed by atoms with E-state index in [2.05, 4.69) is 31.9 Å². The maximum atomic E-state index is 15.2. The summed E-state index contributed by atoms with van der Waals surface area (Å²) in [5.74, 6) is -10.5. The predicted octanol–water partition coefficient (Wildman–Crippen LogP) is 3.29. The van der Waals surface area contributed by atoms with Crippen molar-refractivity contribution in [2.24, 2.45) is 35.5 Å². The van der Waals surface area contributed by atoms with Crippen molar-refractivity contribution in [3.8, 4) is 0 Å². The quantitative estimate of drug-likeness (QED) is 0.127. The maximum Gasteiger partial charge on any atom is 0.248 e. The number of aliphatic hydroxyl groups is 1. The minimum absolute atomic E-state index is 0.0289. The first kappa shape index (κ1) is 82.3. The fourth-order valence-corrected chi connectivity index (χ4v) is 11.8. The third-order valence-electron chi connectivity index (χ3n) is 18.0. The number of carbonyl (C=O) groups excluding carboxylic acids is 12. The lowest BCUT2D eigenvalue weighted by Crippen LogP contribution is -2.62. The van der Waals surface area contributed by atoms with Gasteiger partial charge in [0.15, 0.2) is 0 Å². The van der Waals surface area contributed by atoms with E-state index in [0.717, 1.165) is 14.7 Å². The summed E-state index contributed by atoms with van der Waals surface area (Å²) in [6.07, 6.45) is -0.901. The van der Waals surface area contributed by atoms with E-state index in [-0.39, 0.29) is 62.2 Å². The van der Waals surface area contributed by atoms with Gasteiger partial charge in [-0.1, -0.05) is 150 Å². The van der Waals surface area contributed by atoms with E-state index >= 15 is 4.79 Å². The first-order valence-electron chi connectivity index (χ1n) is 33.9. The molecule has 12 amide bonds. The fraction of sp³-hybridized carbons (Fsp3) is 0.662. The summed E-state index contributed by atoms with van der Waals surface area (Å²) < 4.78 is 0. The number of likely N-dealkylation sites (N-methyl/N-ethyl adjacent to an activating group) is 6. The second-order valence-electron chi connectivity index (χ2n) is 28.2. The molecule has 7 N–H and O–H groups in total. The highest BCUT2D eigenvalue weighted by Crippen LogP contribution is 2.23. The van der Waals surface area contributed by atoms with Crippen LogP contribution in [0.3, 0.4) is 0 Å². The highest BCUT2D eigenvalue weighted by molar-refractivity contribution is 6.00. The minimum atomic E-state index is -1.68. The number of hydrogen-bond acceptors (Lipinski definition) is 13. The van der Waals surface area contributed by atoms with Gasteiger partial charge in [0.2, 0.25) is 70.9 Å². The first-order valence-corrected chi connectivity index (χ1v) is 33.9. The Kier molecular flexibility index (Phi) is 32.7. The SMILES string of the molecule is CC[C@H](C)[C@H]1C(=O)NCC(=O)N(C)[C@@H](Cc2ccccc2)C(=O)N[C@@H]([C@@H](C)O)C(=O)N(C)[C@@H](CC(C)C)C(=O)N[C@@H](CC(C)C)C(=O)N[C@@H](C)C(=O)N(C)[C@H](C)C(=O)N(C)[C@@H](CC(C)C)C(=O)NC(Cc2ccccc2)C(=O)N(C)[C@H](CC(C)C)C(=O)NC(C(C)C)C(=O)N1C. The fourth-order valence-electron chi connectivity index (χ4n) is 11.8. The van der Waals surface area contributed by atoms with Gasteiger partial charge in [-0.25, -0.2) is 0 Å². The van der Waals surface area contributed by atoms with Gasteiger partial charge in [-0.15, -0.1) is 0 Å². The van der Waals surface area contributed by atoms with Crippen LogP contribution in [-0.2, 0) is 70.4 Å². The average Bonchev–Trinajstić information content (AvgIpc) is 0.850. The summed E-state index contributed by atoms with van der Waals surface area (Å²) >= 11 is 0. The molecule has 1 aliphatic heterocycles. The van der Waals surface area contributed by atoms with Crippen LogP contribution < -0.4 is 31.9 Å². The largest absolute Gasteiger partial charge is 0.391 e. The zero-order chi connectivity index (χ0) is 72.9. The van der Waals surface area contributed by atoms with Gasteiger partial charge in [-0.2, -0.15) is 0 Å². The van der Waals surface area contributed by atoms with Crippen LogP contribution in [0.5, 0.6) is 0 Å². The number of nitrogens with zero attached hydrogens (tertiary/aromatic N) is 6.